The fourth-order valence-electron chi connectivity index (χ4n) is 2.57. The maximum Gasteiger partial charge on any atom is 0.0390 e. The third-order valence-corrected chi connectivity index (χ3v) is 3.70. The fraction of sp³-hybridized carbons (Fsp3) is 0.778. The van der Waals surface area contributed by atoms with Crippen LogP contribution in [0.4, 0.5) is 0 Å². The Kier molecular flexibility index (Phi) is 1.13. The van der Waals surface area contributed by atoms with Gasteiger partial charge in [-0.25, -0.2) is 0 Å². The second-order valence-electron chi connectivity index (χ2n) is 4.24. The van der Waals surface area contributed by atoms with E-state index in [1.54, 1.807) is 0 Å². The van der Waals surface area contributed by atoms with Crippen LogP contribution in [-0.4, -0.2) is 11.1 Å². The highest BCUT2D eigenvalue weighted by molar-refractivity contribution is 5.43. The van der Waals surface area contributed by atoms with E-state index in [1.807, 2.05) is 0 Å². The summed E-state index contributed by atoms with van der Waals surface area (Å²) in [6, 6.07) is 0. The molecule has 11 heavy (non-hydrogen) atoms. The van der Waals surface area contributed by atoms with Crippen molar-refractivity contribution in [2.24, 2.45) is 11.5 Å². The summed E-state index contributed by atoms with van der Waals surface area (Å²) in [5, 5.41) is 0. The van der Waals surface area contributed by atoms with Gasteiger partial charge in [-0.2, -0.15) is 0 Å². The van der Waals surface area contributed by atoms with E-state index in [1.165, 1.54) is 11.1 Å². The maximum atomic E-state index is 6.18. The second-order valence-corrected chi connectivity index (χ2v) is 4.24. The van der Waals surface area contributed by atoms with Crippen LogP contribution in [0.25, 0.3) is 0 Å². The van der Waals surface area contributed by atoms with Crippen molar-refractivity contribution in [1.82, 2.24) is 0 Å². The summed E-state index contributed by atoms with van der Waals surface area (Å²) in [6.07, 6.45) is 3.12. The van der Waals surface area contributed by atoms with Crippen molar-refractivity contribution in [3.8, 4) is 0 Å². The molecule has 2 atom stereocenters. The van der Waals surface area contributed by atoms with Crippen LogP contribution in [0.2, 0.25) is 0 Å². The van der Waals surface area contributed by atoms with E-state index < -0.39 is 0 Å². The molecule has 2 bridgehead atoms. The van der Waals surface area contributed by atoms with Gasteiger partial charge in [-0.05, 0) is 33.1 Å². The largest absolute Gasteiger partial charge is 0.322 e. The van der Waals surface area contributed by atoms with Gasteiger partial charge in [0, 0.05) is 11.1 Å². The van der Waals surface area contributed by atoms with E-state index in [-0.39, 0.29) is 11.1 Å². The number of rotatable bonds is 0. The summed E-state index contributed by atoms with van der Waals surface area (Å²) in [7, 11) is 0. The lowest BCUT2D eigenvalue weighted by molar-refractivity contribution is 0.512. The molecular weight excluding hydrogens is 136 g/mol. The third kappa shape index (κ3) is 0.690. The lowest BCUT2D eigenvalue weighted by Crippen LogP contribution is -2.37. The minimum Gasteiger partial charge on any atom is -0.322 e. The zero-order chi connectivity index (χ0) is 8.28. The van der Waals surface area contributed by atoms with Crippen LogP contribution in [0.3, 0.4) is 0 Å². The fourth-order valence-corrected chi connectivity index (χ4v) is 2.57. The minimum absolute atomic E-state index is 0.0428. The SMILES string of the molecule is CC1=C(C)C2(N)CCC1(N)C2. The van der Waals surface area contributed by atoms with Gasteiger partial charge in [0.25, 0.3) is 0 Å². The van der Waals surface area contributed by atoms with Gasteiger partial charge in [-0.15, -0.1) is 0 Å². The molecule has 62 valence electrons. The molecule has 0 radical (unpaired) electrons. The van der Waals surface area contributed by atoms with Crippen molar-refractivity contribution in [3.05, 3.63) is 11.1 Å². The number of hydrogen-bond acceptors (Lipinski definition) is 2. The number of fused-ring (bicyclic) bond motifs is 2. The van der Waals surface area contributed by atoms with Crippen LogP contribution in [0.15, 0.2) is 11.1 Å². The van der Waals surface area contributed by atoms with Crippen LogP contribution in [-0.2, 0) is 0 Å². The molecule has 0 heterocycles. The summed E-state index contributed by atoms with van der Waals surface area (Å²) in [6.45, 7) is 4.26. The molecule has 1 saturated carbocycles. The highest BCUT2D eigenvalue weighted by Crippen LogP contribution is 2.50. The Hall–Kier alpha value is -0.340. The first kappa shape index (κ1) is 7.32. The highest BCUT2D eigenvalue weighted by atomic mass is 14.9. The van der Waals surface area contributed by atoms with Gasteiger partial charge in [-0.3, -0.25) is 0 Å². The maximum absolute atomic E-state index is 6.18. The van der Waals surface area contributed by atoms with Crippen molar-refractivity contribution in [2.45, 2.75) is 44.2 Å². The standard InChI is InChI=1S/C9H16N2/c1-6-7(2)9(11)4-3-8(6,10)5-9/h3-5,10-11H2,1-2H3. The monoisotopic (exact) mass is 152 g/mol. The minimum atomic E-state index is -0.0428. The van der Waals surface area contributed by atoms with Crippen molar-refractivity contribution in [1.29, 1.82) is 0 Å². The molecule has 2 unspecified atom stereocenters. The second kappa shape index (κ2) is 1.70. The van der Waals surface area contributed by atoms with Crippen LogP contribution in [0.1, 0.15) is 33.1 Å². The van der Waals surface area contributed by atoms with Crippen LogP contribution >= 0.6 is 0 Å². The first-order chi connectivity index (χ1) is 4.98. The van der Waals surface area contributed by atoms with Crippen LogP contribution in [0.5, 0.6) is 0 Å². The predicted octanol–water partition coefficient (Wildman–Crippen LogP) is 0.915. The molecule has 2 heteroatoms. The lowest BCUT2D eigenvalue weighted by atomic mass is 9.87. The summed E-state index contributed by atoms with van der Waals surface area (Å²) in [4.78, 5) is 0. The van der Waals surface area contributed by atoms with E-state index in [9.17, 15) is 0 Å². The molecule has 0 spiro atoms. The number of hydrogen-bond donors (Lipinski definition) is 2. The number of nitrogens with two attached hydrogens (primary N) is 2. The highest BCUT2D eigenvalue weighted by Gasteiger charge is 2.52. The van der Waals surface area contributed by atoms with E-state index >= 15 is 0 Å². The Morgan fingerprint density at radius 1 is 1.00 bits per heavy atom. The predicted molar refractivity (Wildman–Crippen MR) is 46.1 cm³/mol. The average Bonchev–Trinajstić information content (AvgIpc) is 2.32. The first-order valence-electron chi connectivity index (χ1n) is 4.24. The van der Waals surface area contributed by atoms with E-state index in [4.69, 9.17) is 11.5 Å². The lowest BCUT2D eigenvalue weighted by Gasteiger charge is -2.25. The molecule has 2 aliphatic rings. The molecule has 0 aromatic heterocycles. The molecular formula is C9H16N2. The van der Waals surface area contributed by atoms with Crippen molar-refractivity contribution >= 4 is 0 Å². The van der Waals surface area contributed by atoms with Crippen molar-refractivity contribution < 1.29 is 0 Å². The molecule has 2 rings (SSSR count). The van der Waals surface area contributed by atoms with Gasteiger partial charge in [0.05, 0.1) is 0 Å². The first-order valence-corrected chi connectivity index (χ1v) is 4.24. The summed E-state index contributed by atoms with van der Waals surface area (Å²) in [5.41, 5.74) is 15.0. The Bertz CT molecular complexity index is 220. The zero-order valence-corrected chi connectivity index (χ0v) is 7.28. The molecule has 0 aromatic rings. The third-order valence-electron chi connectivity index (χ3n) is 3.70. The molecule has 0 saturated heterocycles. The topological polar surface area (TPSA) is 52.0 Å². The van der Waals surface area contributed by atoms with Crippen molar-refractivity contribution in [2.75, 3.05) is 0 Å². The normalized spacial score (nSPS) is 49.1. The summed E-state index contributed by atoms with van der Waals surface area (Å²) >= 11 is 0. The molecule has 1 fully saturated rings. The van der Waals surface area contributed by atoms with Gasteiger partial charge in [0.15, 0.2) is 0 Å². The Labute approximate surface area is 67.6 Å². The Morgan fingerprint density at radius 3 is 1.55 bits per heavy atom. The van der Waals surface area contributed by atoms with Gasteiger partial charge in [0.1, 0.15) is 0 Å². The molecule has 0 aliphatic heterocycles. The quantitative estimate of drug-likeness (QED) is 0.507. The van der Waals surface area contributed by atoms with Gasteiger partial charge in [0.2, 0.25) is 0 Å². The molecule has 0 amide bonds. The molecule has 4 N–H and O–H groups in total. The van der Waals surface area contributed by atoms with Gasteiger partial charge >= 0.3 is 0 Å². The molecule has 2 aliphatic carbocycles. The smallest absolute Gasteiger partial charge is 0.0390 e. The molecule has 2 nitrogen and oxygen atoms in total. The Balaban J connectivity index is 2.52. The van der Waals surface area contributed by atoms with E-state index in [0.717, 1.165) is 19.3 Å². The van der Waals surface area contributed by atoms with E-state index in [2.05, 4.69) is 13.8 Å². The zero-order valence-electron chi connectivity index (χ0n) is 7.28. The summed E-state index contributed by atoms with van der Waals surface area (Å²) < 4.78 is 0. The van der Waals surface area contributed by atoms with Gasteiger partial charge < -0.3 is 11.5 Å². The molecule has 0 aromatic carbocycles. The average molecular weight is 152 g/mol. The van der Waals surface area contributed by atoms with Crippen LogP contribution < -0.4 is 11.5 Å². The van der Waals surface area contributed by atoms with E-state index in [0.29, 0.717) is 0 Å². The van der Waals surface area contributed by atoms with Gasteiger partial charge in [-0.1, -0.05) is 11.1 Å². The summed E-state index contributed by atoms with van der Waals surface area (Å²) in [5.74, 6) is 0. The van der Waals surface area contributed by atoms with Crippen LogP contribution in [0, 0.1) is 0 Å². The van der Waals surface area contributed by atoms with Crippen molar-refractivity contribution in [3.63, 3.8) is 0 Å². The Morgan fingerprint density at radius 2 is 1.36 bits per heavy atom.